The van der Waals surface area contributed by atoms with Gasteiger partial charge in [-0.3, -0.25) is 14.6 Å². The molecule has 126 valence electrons. The number of unbranched alkanes of at least 4 members (excludes halogenated alkanes) is 6. The molecule has 1 aliphatic heterocycles. The first-order valence-corrected chi connectivity index (χ1v) is 8.31. The zero-order valence-corrected chi connectivity index (χ0v) is 13.5. The Bertz CT molecular complexity index is 384. The van der Waals surface area contributed by atoms with Gasteiger partial charge < -0.3 is 4.74 Å². The van der Waals surface area contributed by atoms with Crippen LogP contribution in [0.4, 0.5) is 0 Å². The van der Waals surface area contributed by atoms with Crippen LogP contribution >= 0.6 is 0 Å². The lowest BCUT2D eigenvalue weighted by Crippen LogP contribution is -2.48. The molecule has 0 saturated carbocycles. The van der Waals surface area contributed by atoms with E-state index in [4.69, 9.17) is 10.6 Å². The molecule has 0 bridgehead atoms. The van der Waals surface area contributed by atoms with Gasteiger partial charge in [0.05, 0.1) is 13.0 Å². The van der Waals surface area contributed by atoms with Gasteiger partial charge in [-0.1, -0.05) is 45.4 Å². The van der Waals surface area contributed by atoms with Crippen molar-refractivity contribution in [3.05, 3.63) is 0 Å². The van der Waals surface area contributed by atoms with Gasteiger partial charge in [0.2, 0.25) is 5.91 Å². The molecule has 1 atom stereocenters. The number of hydrogen-bond donors (Lipinski definition) is 1. The Hall–Kier alpha value is -1.43. The van der Waals surface area contributed by atoms with Gasteiger partial charge in [0.15, 0.2) is 0 Å². The smallest absolute Gasteiger partial charge is 0.330 e. The van der Waals surface area contributed by atoms with Gasteiger partial charge in [0.25, 0.3) is 0 Å². The number of rotatable bonds is 11. The van der Waals surface area contributed by atoms with Crippen molar-refractivity contribution in [1.29, 1.82) is 0 Å². The first-order valence-electron chi connectivity index (χ1n) is 8.31. The van der Waals surface area contributed by atoms with E-state index in [0.717, 1.165) is 24.3 Å². The van der Waals surface area contributed by atoms with Crippen molar-refractivity contribution >= 4 is 17.7 Å². The molecule has 6 nitrogen and oxygen atoms in total. The molecule has 0 aromatic carbocycles. The molecule has 1 rings (SSSR count). The van der Waals surface area contributed by atoms with Crippen LogP contribution < -0.4 is 5.84 Å². The fourth-order valence-corrected chi connectivity index (χ4v) is 2.54. The summed E-state index contributed by atoms with van der Waals surface area (Å²) in [6.45, 7) is 2.46. The second-order valence-electron chi connectivity index (χ2n) is 5.86. The van der Waals surface area contributed by atoms with Crippen molar-refractivity contribution in [3.63, 3.8) is 0 Å². The van der Waals surface area contributed by atoms with Crippen molar-refractivity contribution in [3.8, 4) is 0 Å². The molecule has 0 aromatic heterocycles. The summed E-state index contributed by atoms with van der Waals surface area (Å²) >= 11 is 0. The van der Waals surface area contributed by atoms with E-state index in [1.807, 2.05) is 0 Å². The maximum atomic E-state index is 11.9. The summed E-state index contributed by atoms with van der Waals surface area (Å²) in [6, 6.07) is -0.737. The topological polar surface area (TPSA) is 89.7 Å². The maximum absolute atomic E-state index is 11.9. The molecule has 1 heterocycles. The Morgan fingerprint density at radius 2 is 1.82 bits per heavy atom. The lowest BCUT2D eigenvalue weighted by Gasteiger charge is -2.20. The Morgan fingerprint density at radius 1 is 1.18 bits per heavy atom. The van der Waals surface area contributed by atoms with Gasteiger partial charge in [-0.15, -0.1) is 0 Å². The third-order valence-electron chi connectivity index (χ3n) is 3.94. The van der Waals surface area contributed by atoms with Crippen LogP contribution in [0, 0.1) is 0 Å². The lowest BCUT2D eigenvalue weighted by molar-refractivity contribution is -0.149. The van der Waals surface area contributed by atoms with Crippen molar-refractivity contribution in [2.45, 2.75) is 77.2 Å². The number of Topliss-reactive ketones (excluding diaryl/α,β-unsaturated/α-hetero) is 1. The number of hydrazine groups is 1. The highest BCUT2D eigenvalue weighted by Crippen LogP contribution is 2.13. The van der Waals surface area contributed by atoms with E-state index in [2.05, 4.69) is 6.92 Å². The Labute approximate surface area is 132 Å². The van der Waals surface area contributed by atoms with Crippen LogP contribution in [0.3, 0.4) is 0 Å². The highest BCUT2D eigenvalue weighted by molar-refractivity contribution is 5.99. The fraction of sp³-hybridized carbons (Fsp3) is 0.812. The number of esters is 1. The number of hydrogen-bond acceptors (Lipinski definition) is 5. The molecule has 1 amide bonds. The molecule has 0 aliphatic carbocycles. The molecule has 22 heavy (non-hydrogen) atoms. The number of cyclic esters (lactones) is 1. The molecule has 2 N–H and O–H groups in total. The summed E-state index contributed by atoms with van der Waals surface area (Å²) in [7, 11) is 0. The summed E-state index contributed by atoms with van der Waals surface area (Å²) in [5, 5.41) is 0.859. The Balaban J connectivity index is 2.13. The molecular formula is C16H28N2O4. The number of ketones is 1. The summed E-state index contributed by atoms with van der Waals surface area (Å²) in [6.07, 6.45) is 8.50. The van der Waals surface area contributed by atoms with Crippen LogP contribution in [-0.4, -0.2) is 35.3 Å². The van der Waals surface area contributed by atoms with E-state index >= 15 is 0 Å². The highest BCUT2D eigenvalue weighted by Gasteiger charge is 2.34. The third kappa shape index (κ3) is 6.56. The fourth-order valence-electron chi connectivity index (χ4n) is 2.54. The molecule has 1 fully saturated rings. The number of carbonyl (C=O) groups excluding carboxylic acids is 3. The van der Waals surface area contributed by atoms with Crippen LogP contribution in [0.2, 0.25) is 0 Å². The van der Waals surface area contributed by atoms with Crippen molar-refractivity contribution in [1.82, 2.24) is 5.01 Å². The molecule has 0 spiro atoms. The standard InChI is InChI=1S/C16H28N2O4/c1-2-3-4-5-6-7-8-9-13(19)12-15(20)18(17)14-10-11-22-16(14)21/h14H,2-12,17H2,1H3. The number of nitrogens with zero attached hydrogens (tertiary/aromatic N) is 1. The van der Waals surface area contributed by atoms with Crippen LogP contribution in [-0.2, 0) is 19.1 Å². The van der Waals surface area contributed by atoms with Crippen LogP contribution in [0.1, 0.15) is 71.1 Å². The average molecular weight is 312 g/mol. The molecule has 1 unspecified atom stereocenters. The van der Waals surface area contributed by atoms with Crippen molar-refractivity contribution < 1.29 is 19.1 Å². The number of amides is 1. The largest absolute Gasteiger partial charge is 0.464 e. The predicted molar refractivity (Wildman–Crippen MR) is 82.6 cm³/mol. The first-order chi connectivity index (χ1) is 10.6. The molecule has 0 radical (unpaired) electrons. The van der Waals surface area contributed by atoms with Gasteiger partial charge in [-0.05, 0) is 6.42 Å². The Kier molecular flexibility index (Phi) is 8.74. The summed E-state index contributed by atoms with van der Waals surface area (Å²) < 4.78 is 4.76. The van der Waals surface area contributed by atoms with E-state index < -0.39 is 17.9 Å². The molecule has 0 aromatic rings. The van der Waals surface area contributed by atoms with Crippen molar-refractivity contribution in [2.24, 2.45) is 5.84 Å². The third-order valence-corrected chi connectivity index (χ3v) is 3.94. The van der Waals surface area contributed by atoms with E-state index in [1.165, 1.54) is 25.7 Å². The van der Waals surface area contributed by atoms with E-state index in [1.54, 1.807) is 0 Å². The van der Waals surface area contributed by atoms with Gasteiger partial charge in [-0.25, -0.2) is 10.6 Å². The van der Waals surface area contributed by atoms with E-state index in [0.29, 0.717) is 12.8 Å². The van der Waals surface area contributed by atoms with Gasteiger partial charge >= 0.3 is 5.97 Å². The zero-order chi connectivity index (χ0) is 16.4. The predicted octanol–water partition coefficient (Wildman–Crippen LogP) is 2.10. The molecule has 6 heteroatoms. The number of carbonyl (C=O) groups is 3. The van der Waals surface area contributed by atoms with Gasteiger partial charge in [0.1, 0.15) is 11.8 Å². The zero-order valence-electron chi connectivity index (χ0n) is 13.5. The van der Waals surface area contributed by atoms with E-state index in [-0.39, 0.29) is 18.8 Å². The van der Waals surface area contributed by atoms with Crippen LogP contribution in [0.25, 0.3) is 0 Å². The average Bonchev–Trinajstić information content (AvgIpc) is 2.91. The van der Waals surface area contributed by atoms with Crippen molar-refractivity contribution in [2.75, 3.05) is 6.61 Å². The van der Waals surface area contributed by atoms with Crippen LogP contribution in [0.5, 0.6) is 0 Å². The van der Waals surface area contributed by atoms with Gasteiger partial charge in [0, 0.05) is 12.8 Å². The molecule has 1 saturated heterocycles. The second kappa shape index (κ2) is 10.3. The van der Waals surface area contributed by atoms with Gasteiger partial charge in [-0.2, -0.15) is 0 Å². The van der Waals surface area contributed by atoms with E-state index in [9.17, 15) is 14.4 Å². The monoisotopic (exact) mass is 312 g/mol. The lowest BCUT2D eigenvalue weighted by atomic mass is 10.1. The maximum Gasteiger partial charge on any atom is 0.330 e. The normalized spacial score (nSPS) is 17.4. The summed E-state index contributed by atoms with van der Waals surface area (Å²) in [5.74, 6) is 4.51. The SMILES string of the molecule is CCCCCCCCCC(=O)CC(=O)N(N)C1CCOC1=O. The number of ether oxygens (including phenoxy) is 1. The quantitative estimate of drug-likeness (QED) is 0.158. The summed E-state index contributed by atoms with van der Waals surface area (Å²) in [4.78, 5) is 35.0. The minimum Gasteiger partial charge on any atom is -0.464 e. The number of nitrogens with two attached hydrogens (primary N) is 1. The Morgan fingerprint density at radius 3 is 2.41 bits per heavy atom. The molecule has 1 aliphatic rings. The first kappa shape index (κ1) is 18.6. The second-order valence-corrected chi connectivity index (χ2v) is 5.86. The molecular weight excluding hydrogens is 284 g/mol. The van der Waals surface area contributed by atoms with Crippen LogP contribution in [0.15, 0.2) is 0 Å². The minimum atomic E-state index is -0.737. The highest BCUT2D eigenvalue weighted by atomic mass is 16.5. The summed E-state index contributed by atoms with van der Waals surface area (Å²) in [5.41, 5.74) is 0. The minimum absolute atomic E-state index is 0.111.